The summed E-state index contributed by atoms with van der Waals surface area (Å²) in [5.41, 5.74) is 1.84. The van der Waals surface area contributed by atoms with E-state index in [1.807, 2.05) is 18.2 Å². The fraction of sp³-hybridized carbons (Fsp3) is 0.300. The molecule has 0 aliphatic carbocycles. The summed E-state index contributed by atoms with van der Waals surface area (Å²) >= 11 is 0. The summed E-state index contributed by atoms with van der Waals surface area (Å²) in [6.45, 7) is 0.773. The van der Waals surface area contributed by atoms with Crippen molar-refractivity contribution in [2.24, 2.45) is 0 Å². The maximum absolute atomic E-state index is 10.6. The van der Waals surface area contributed by atoms with Crippen LogP contribution in [0, 0.1) is 0 Å². The number of carbonyl (C=O) groups is 1. The third kappa shape index (κ3) is 1.09. The summed E-state index contributed by atoms with van der Waals surface area (Å²) in [4.78, 5) is 10.6. The van der Waals surface area contributed by atoms with Crippen LogP contribution in [-0.4, -0.2) is 12.9 Å². The van der Waals surface area contributed by atoms with Crippen LogP contribution in [0.4, 0.5) is 0 Å². The highest BCUT2D eigenvalue weighted by atomic mass is 16.5. The minimum Gasteiger partial charge on any atom is -0.493 e. The van der Waals surface area contributed by atoms with Gasteiger partial charge in [-0.2, -0.15) is 0 Å². The average Bonchev–Trinajstić information content (AvgIpc) is 2.17. The van der Waals surface area contributed by atoms with E-state index in [4.69, 9.17) is 4.74 Å². The van der Waals surface area contributed by atoms with E-state index in [-0.39, 0.29) is 0 Å². The molecule has 0 bridgehead atoms. The van der Waals surface area contributed by atoms with Gasteiger partial charge < -0.3 is 4.74 Å². The normalized spacial score (nSPS) is 14.7. The lowest BCUT2D eigenvalue weighted by Gasteiger charge is -2.17. The molecule has 0 fully saturated rings. The monoisotopic (exact) mass is 162 g/mol. The molecule has 0 atom stereocenters. The number of hydrogen-bond acceptors (Lipinski definition) is 2. The quantitative estimate of drug-likeness (QED) is 0.589. The van der Waals surface area contributed by atoms with Gasteiger partial charge in [0.1, 0.15) is 12.0 Å². The summed E-state index contributed by atoms with van der Waals surface area (Å²) in [6.07, 6.45) is 2.87. The van der Waals surface area contributed by atoms with Crippen molar-refractivity contribution in [2.45, 2.75) is 12.8 Å². The van der Waals surface area contributed by atoms with Gasteiger partial charge in [-0.05, 0) is 18.9 Å². The molecule has 0 unspecified atom stereocenters. The van der Waals surface area contributed by atoms with Gasteiger partial charge in [0.05, 0.1) is 6.61 Å². The third-order valence-electron chi connectivity index (χ3n) is 2.12. The second-order valence-electron chi connectivity index (χ2n) is 2.89. The van der Waals surface area contributed by atoms with Gasteiger partial charge in [-0.25, -0.2) is 0 Å². The Morgan fingerprint density at radius 1 is 1.42 bits per heavy atom. The van der Waals surface area contributed by atoms with Gasteiger partial charge in [0, 0.05) is 11.1 Å². The Morgan fingerprint density at radius 3 is 3.17 bits per heavy atom. The number of benzene rings is 1. The summed E-state index contributed by atoms with van der Waals surface area (Å²) in [5.74, 6) is 0.880. The van der Waals surface area contributed by atoms with Crippen molar-refractivity contribution in [1.82, 2.24) is 0 Å². The maximum atomic E-state index is 10.6. The molecule has 0 N–H and O–H groups in total. The molecule has 1 aliphatic heterocycles. The molecule has 62 valence electrons. The Bertz CT molecular complexity index is 305. The largest absolute Gasteiger partial charge is 0.493 e. The van der Waals surface area contributed by atoms with E-state index in [1.165, 1.54) is 0 Å². The van der Waals surface area contributed by atoms with E-state index in [0.29, 0.717) is 0 Å². The van der Waals surface area contributed by atoms with Crippen molar-refractivity contribution in [2.75, 3.05) is 6.61 Å². The summed E-state index contributed by atoms with van der Waals surface area (Å²) in [7, 11) is 0. The summed E-state index contributed by atoms with van der Waals surface area (Å²) in [6, 6.07) is 5.61. The van der Waals surface area contributed by atoms with Crippen LogP contribution in [-0.2, 0) is 6.42 Å². The molecule has 12 heavy (non-hydrogen) atoms. The number of rotatable bonds is 1. The van der Waals surface area contributed by atoms with Crippen LogP contribution < -0.4 is 4.74 Å². The van der Waals surface area contributed by atoms with E-state index in [1.54, 1.807) is 0 Å². The number of carbonyl (C=O) groups excluding carboxylic acids is 1. The van der Waals surface area contributed by atoms with Crippen LogP contribution in [0.25, 0.3) is 0 Å². The molecule has 0 amide bonds. The van der Waals surface area contributed by atoms with Crippen LogP contribution in [0.1, 0.15) is 22.3 Å². The predicted molar refractivity (Wildman–Crippen MR) is 45.6 cm³/mol. The molecule has 0 radical (unpaired) electrons. The number of aldehydes is 1. The Morgan fingerprint density at radius 2 is 2.33 bits per heavy atom. The SMILES string of the molecule is O=Cc1cccc2c1CCCO2. The summed E-state index contributed by atoms with van der Waals surface area (Å²) in [5, 5.41) is 0. The Labute approximate surface area is 71.2 Å². The van der Waals surface area contributed by atoms with Crippen LogP contribution in [0.15, 0.2) is 18.2 Å². The average molecular weight is 162 g/mol. The van der Waals surface area contributed by atoms with Crippen molar-refractivity contribution < 1.29 is 9.53 Å². The number of ether oxygens (including phenoxy) is 1. The zero-order chi connectivity index (χ0) is 8.39. The lowest BCUT2D eigenvalue weighted by atomic mass is 10.0. The first-order valence-corrected chi connectivity index (χ1v) is 4.11. The molecule has 1 aromatic rings. The maximum Gasteiger partial charge on any atom is 0.150 e. The minimum atomic E-state index is 0.771. The van der Waals surface area contributed by atoms with Crippen LogP contribution in [0.3, 0.4) is 0 Å². The summed E-state index contributed by atoms with van der Waals surface area (Å²) < 4.78 is 5.41. The van der Waals surface area contributed by atoms with Gasteiger partial charge in [-0.3, -0.25) is 4.79 Å². The van der Waals surface area contributed by atoms with E-state index < -0.39 is 0 Å². The van der Waals surface area contributed by atoms with Crippen molar-refractivity contribution in [3.8, 4) is 5.75 Å². The first kappa shape index (κ1) is 7.35. The molecule has 2 rings (SSSR count). The smallest absolute Gasteiger partial charge is 0.150 e. The molecular formula is C10H10O2. The van der Waals surface area contributed by atoms with Gasteiger partial charge in [0.15, 0.2) is 0 Å². The topological polar surface area (TPSA) is 26.3 Å². The fourth-order valence-electron chi connectivity index (χ4n) is 1.53. The Hall–Kier alpha value is -1.31. The molecule has 0 spiro atoms. The lowest BCUT2D eigenvalue weighted by molar-refractivity contribution is 0.112. The number of fused-ring (bicyclic) bond motifs is 1. The highest BCUT2D eigenvalue weighted by Crippen LogP contribution is 2.26. The van der Waals surface area contributed by atoms with Gasteiger partial charge in [0.25, 0.3) is 0 Å². The molecule has 0 saturated carbocycles. The van der Waals surface area contributed by atoms with Gasteiger partial charge in [-0.1, -0.05) is 12.1 Å². The van der Waals surface area contributed by atoms with E-state index >= 15 is 0 Å². The zero-order valence-corrected chi connectivity index (χ0v) is 6.75. The minimum absolute atomic E-state index is 0.771. The zero-order valence-electron chi connectivity index (χ0n) is 6.75. The standard InChI is InChI=1S/C10H10O2/c11-7-8-3-1-5-10-9(8)4-2-6-12-10/h1,3,5,7H,2,4,6H2. The van der Waals surface area contributed by atoms with Gasteiger partial charge in [0.2, 0.25) is 0 Å². The van der Waals surface area contributed by atoms with Crippen molar-refractivity contribution in [1.29, 1.82) is 0 Å². The van der Waals surface area contributed by atoms with Crippen LogP contribution in [0.2, 0.25) is 0 Å². The van der Waals surface area contributed by atoms with Crippen LogP contribution >= 0.6 is 0 Å². The second kappa shape index (κ2) is 2.97. The molecule has 2 nitrogen and oxygen atoms in total. The predicted octanol–water partition coefficient (Wildman–Crippen LogP) is 1.82. The molecule has 1 aromatic carbocycles. The third-order valence-corrected chi connectivity index (χ3v) is 2.12. The highest BCUT2D eigenvalue weighted by Gasteiger charge is 2.12. The fourth-order valence-corrected chi connectivity index (χ4v) is 1.53. The number of hydrogen-bond donors (Lipinski definition) is 0. The molecule has 0 saturated heterocycles. The van der Waals surface area contributed by atoms with E-state index in [9.17, 15) is 4.79 Å². The first-order chi connectivity index (χ1) is 5.92. The molecule has 0 aromatic heterocycles. The Kier molecular flexibility index (Phi) is 1.82. The van der Waals surface area contributed by atoms with Gasteiger partial charge in [-0.15, -0.1) is 0 Å². The molecule has 2 heteroatoms. The molecular weight excluding hydrogens is 152 g/mol. The Balaban J connectivity index is 2.51. The molecule has 1 aliphatic rings. The van der Waals surface area contributed by atoms with Gasteiger partial charge >= 0.3 is 0 Å². The first-order valence-electron chi connectivity index (χ1n) is 4.11. The van der Waals surface area contributed by atoms with Crippen molar-refractivity contribution >= 4 is 6.29 Å². The van der Waals surface area contributed by atoms with E-state index in [2.05, 4.69) is 0 Å². The second-order valence-corrected chi connectivity index (χ2v) is 2.89. The van der Waals surface area contributed by atoms with Crippen molar-refractivity contribution in [3.63, 3.8) is 0 Å². The van der Waals surface area contributed by atoms with E-state index in [0.717, 1.165) is 42.6 Å². The lowest BCUT2D eigenvalue weighted by Crippen LogP contribution is -2.10. The van der Waals surface area contributed by atoms with Crippen molar-refractivity contribution in [3.05, 3.63) is 29.3 Å². The van der Waals surface area contributed by atoms with Crippen LogP contribution in [0.5, 0.6) is 5.75 Å². The molecule has 1 heterocycles. The highest BCUT2D eigenvalue weighted by molar-refractivity contribution is 5.78.